The fourth-order valence-electron chi connectivity index (χ4n) is 2.18. The van der Waals surface area contributed by atoms with E-state index in [1.807, 2.05) is 6.07 Å². The maximum atomic E-state index is 6.02. The van der Waals surface area contributed by atoms with E-state index in [0.29, 0.717) is 5.92 Å². The van der Waals surface area contributed by atoms with Gasteiger partial charge in [0.1, 0.15) is 0 Å². The molecule has 0 fully saturated rings. The monoisotopic (exact) mass is 258 g/mol. The van der Waals surface area contributed by atoms with Gasteiger partial charge >= 0.3 is 0 Å². The van der Waals surface area contributed by atoms with Crippen molar-refractivity contribution in [2.24, 2.45) is 5.14 Å². The number of fused-ring (bicyclic) bond motifs is 1. The summed E-state index contributed by atoms with van der Waals surface area (Å²) in [5, 5.41) is 5.05. The van der Waals surface area contributed by atoms with Gasteiger partial charge in [-0.1, -0.05) is 18.5 Å². The number of thiol groups is 1. The van der Waals surface area contributed by atoms with Gasteiger partial charge in [0.05, 0.1) is 0 Å². The van der Waals surface area contributed by atoms with Crippen LogP contribution in [0.5, 0.6) is 0 Å². The maximum absolute atomic E-state index is 6.02. The molecule has 0 radical (unpaired) electrons. The minimum absolute atomic E-state index is 0.633. The van der Waals surface area contributed by atoms with Gasteiger partial charge in [-0.25, -0.2) is 0 Å². The Hall–Kier alpha value is -0.380. The van der Waals surface area contributed by atoms with E-state index >= 15 is 0 Å². The number of halogens is 1. The number of hydrogen-bond acceptors (Lipinski definition) is 3. The first kappa shape index (κ1) is 13.7. The lowest BCUT2D eigenvalue weighted by molar-refractivity contribution is 0.656. The third kappa shape index (κ3) is 3.06. The highest BCUT2D eigenvalue weighted by Gasteiger charge is 2.17. The molecule has 1 aromatic rings. The summed E-state index contributed by atoms with van der Waals surface area (Å²) in [5.41, 5.74) is 2.75. The number of anilines is 1. The van der Waals surface area contributed by atoms with Crippen molar-refractivity contribution in [3.63, 3.8) is 0 Å². The van der Waals surface area contributed by atoms with E-state index < -0.39 is 0 Å². The molecule has 1 aliphatic rings. The van der Waals surface area contributed by atoms with E-state index in [1.165, 1.54) is 24.1 Å². The van der Waals surface area contributed by atoms with Gasteiger partial charge < -0.3 is 4.90 Å². The van der Waals surface area contributed by atoms with Crippen LogP contribution in [0.4, 0.5) is 5.69 Å². The summed E-state index contributed by atoms with van der Waals surface area (Å²) in [7, 11) is 2.16. The summed E-state index contributed by atoms with van der Waals surface area (Å²) < 4.78 is 0. The quantitative estimate of drug-likeness (QED) is 0.698. The van der Waals surface area contributed by atoms with Crippen molar-refractivity contribution in [2.45, 2.75) is 25.7 Å². The van der Waals surface area contributed by atoms with E-state index in [0.717, 1.165) is 11.6 Å². The van der Waals surface area contributed by atoms with Crippen LogP contribution in [0.15, 0.2) is 18.2 Å². The lowest BCUT2D eigenvalue weighted by Crippen LogP contribution is -2.17. The van der Waals surface area contributed by atoms with Crippen molar-refractivity contribution in [3.8, 4) is 0 Å². The first-order valence-corrected chi connectivity index (χ1v) is 6.34. The Morgan fingerprint density at radius 3 is 2.81 bits per heavy atom. The molecule has 1 heterocycles. The zero-order valence-electron chi connectivity index (χ0n) is 9.78. The van der Waals surface area contributed by atoms with Gasteiger partial charge in [0.25, 0.3) is 0 Å². The van der Waals surface area contributed by atoms with Crippen LogP contribution in [0.25, 0.3) is 0 Å². The van der Waals surface area contributed by atoms with Crippen molar-refractivity contribution < 1.29 is 0 Å². The Bertz CT molecular complexity index is 344. The summed E-state index contributed by atoms with van der Waals surface area (Å²) in [6, 6.07) is 6.23. The van der Waals surface area contributed by atoms with E-state index in [2.05, 4.69) is 49.0 Å². The number of hydrogen-bond donors (Lipinski definition) is 2. The van der Waals surface area contributed by atoms with Crippen LogP contribution >= 0.6 is 24.4 Å². The highest BCUT2D eigenvalue weighted by Crippen LogP contribution is 2.34. The Balaban J connectivity index is 0.000000606. The average Bonchev–Trinajstić information content (AvgIpc) is 2.43. The molecule has 0 saturated carbocycles. The zero-order valence-corrected chi connectivity index (χ0v) is 11.4. The minimum atomic E-state index is 0.633. The van der Waals surface area contributed by atoms with Crippen LogP contribution in [0.3, 0.4) is 0 Å². The van der Waals surface area contributed by atoms with Gasteiger partial charge in [-0.05, 0) is 42.5 Å². The smallest absolute Gasteiger partial charge is 0.0410 e. The van der Waals surface area contributed by atoms with Crippen molar-refractivity contribution >= 4 is 30.1 Å². The van der Waals surface area contributed by atoms with Crippen molar-refractivity contribution in [3.05, 3.63) is 28.8 Å². The maximum Gasteiger partial charge on any atom is 0.0410 e. The highest BCUT2D eigenvalue weighted by atomic mass is 35.5. The second-order valence-corrected chi connectivity index (χ2v) is 4.60. The van der Waals surface area contributed by atoms with Gasteiger partial charge in [0.2, 0.25) is 0 Å². The van der Waals surface area contributed by atoms with E-state index in [1.54, 1.807) is 0 Å². The fourth-order valence-corrected chi connectivity index (χ4v) is 2.36. The first-order chi connectivity index (χ1) is 7.68. The van der Waals surface area contributed by atoms with Crippen molar-refractivity contribution in [1.82, 2.24) is 0 Å². The molecule has 0 amide bonds. The first-order valence-electron chi connectivity index (χ1n) is 5.45. The predicted octanol–water partition coefficient (Wildman–Crippen LogP) is 3.46. The molecule has 0 aliphatic carbocycles. The van der Waals surface area contributed by atoms with Crippen LogP contribution in [0, 0.1) is 0 Å². The number of nitrogens with two attached hydrogens (primary N) is 1. The second-order valence-electron chi connectivity index (χ2n) is 4.17. The third-order valence-electron chi connectivity index (χ3n) is 3.06. The van der Waals surface area contributed by atoms with E-state index in [4.69, 9.17) is 11.6 Å². The van der Waals surface area contributed by atoms with Gasteiger partial charge in [-0.2, -0.15) is 0 Å². The van der Waals surface area contributed by atoms with Crippen LogP contribution in [0.2, 0.25) is 5.02 Å². The lowest BCUT2D eigenvalue weighted by atomic mass is 9.96. The molecule has 2 N–H and O–H groups in total. The zero-order chi connectivity index (χ0) is 12.1. The Kier molecular flexibility index (Phi) is 5.46. The van der Waals surface area contributed by atoms with Crippen LogP contribution in [-0.4, -0.2) is 13.6 Å². The Labute approximate surface area is 108 Å². The van der Waals surface area contributed by atoms with Gasteiger partial charge in [-0.15, -0.1) is 12.8 Å². The topological polar surface area (TPSA) is 29.3 Å². The van der Waals surface area contributed by atoms with Gasteiger partial charge in [0.15, 0.2) is 0 Å². The lowest BCUT2D eigenvalue weighted by Gasteiger charge is -2.20. The third-order valence-corrected chi connectivity index (χ3v) is 3.30. The van der Waals surface area contributed by atoms with E-state index in [-0.39, 0.29) is 0 Å². The Morgan fingerprint density at radius 2 is 2.12 bits per heavy atom. The molecule has 0 aromatic heterocycles. The summed E-state index contributed by atoms with van der Waals surface area (Å²) in [6.45, 7) is 3.44. The molecular weight excluding hydrogens is 240 g/mol. The summed E-state index contributed by atoms with van der Waals surface area (Å²) in [4.78, 5) is 2.33. The molecule has 1 unspecified atom stereocenters. The Morgan fingerprint density at radius 1 is 1.44 bits per heavy atom. The minimum Gasteiger partial charge on any atom is -0.374 e. The van der Waals surface area contributed by atoms with Crippen LogP contribution in [-0.2, 0) is 0 Å². The SMILES string of the molecule is CC1CCCN(C)c2ccc(Cl)cc21.NS. The second kappa shape index (κ2) is 6.38. The van der Waals surface area contributed by atoms with Crippen LogP contribution in [0.1, 0.15) is 31.2 Å². The number of nitrogens with zero attached hydrogens (tertiary/aromatic N) is 1. The standard InChI is InChI=1S/C12H16ClN.H3NS/c1-9-4-3-7-14(2)12-6-5-10(13)8-11(9)12;1-2/h5-6,8-9H,3-4,7H2,1-2H3;2H,1H2. The molecule has 2 rings (SSSR count). The van der Waals surface area contributed by atoms with E-state index in [9.17, 15) is 0 Å². The molecule has 2 nitrogen and oxygen atoms in total. The number of rotatable bonds is 0. The van der Waals surface area contributed by atoms with Gasteiger partial charge in [-0.3, -0.25) is 5.14 Å². The molecule has 16 heavy (non-hydrogen) atoms. The van der Waals surface area contributed by atoms with Crippen LogP contribution < -0.4 is 10.0 Å². The average molecular weight is 259 g/mol. The molecule has 1 aromatic carbocycles. The summed E-state index contributed by atoms with van der Waals surface area (Å²) in [6.07, 6.45) is 2.53. The number of benzene rings is 1. The molecule has 1 atom stereocenters. The molecule has 0 spiro atoms. The molecule has 0 saturated heterocycles. The fraction of sp³-hybridized carbons (Fsp3) is 0.500. The van der Waals surface area contributed by atoms with Gasteiger partial charge in [0, 0.05) is 24.3 Å². The molecule has 0 bridgehead atoms. The molecular formula is C12H19ClN2S. The molecule has 4 heteroatoms. The largest absolute Gasteiger partial charge is 0.374 e. The van der Waals surface area contributed by atoms with Crippen molar-refractivity contribution in [1.29, 1.82) is 0 Å². The van der Waals surface area contributed by atoms with Crippen molar-refractivity contribution in [2.75, 3.05) is 18.5 Å². The summed E-state index contributed by atoms with van der Waals surface area (Å²) in [5.74, 6) is 0.633. The normalized spacial score (nSPS) is 19.3. The summed E-state index contributed by atoms with van der Waals surface area (Å²) >= 11 is 9.05. The predicted molar refractivity (Wildman–Crippen MR) is 75.5 cm³/mol. The molecule has 90 valence electrons. The highest BCUT2D eigenvalue weighted by molar-refractivity contribution is 7.77. The molecule has 1 aliphatic heterocycles.